The number of anilines is 2. The molecule has 2 aromatic rings. The molecule has 140 valence electrons. The maximum atomic E-state index is 12.4. The lowest BCUT2D eigenvalue weighted by atomic mass is 10.0. The van der Waals surface area contributed by atoms with Crippen molar-refractivity contribution in [3.63, 3.8) is 0 Å². The van der Waals surface area contributed by atoms with E-state index < -0.39 is 0 Å². The average Bonchev–Trinajstić information content (AvgIpc) is 2.72. The Bertz CT molecular complexity index is 830. The van der Waals surface area contributed by atoms with Gasteiger partial charge in [0.25, 0.3) is 5.91 Å². The Morgan fingerprint density at radius 3 is 2.56 bits per heavy atom. The maximum absolute atomic E-state index is 12.4. The van der Waals surface area contributed by atoms with Gasteiger partial charge >= 0.3 is 0 Å². The van der Waals surface area contributed by atoms with Crippen LogP contribution in [0, 0.1) is 0 Å². The number of nitrogens with zero attached hydrogens (tertiary/aromatic N) is 2. The molecule has 4 rings (SSSR count). The number of piperazine rings is 1. The van der Waals surface area contributed by atoms with Gasteiger partial charge in [-0.25, -0.2) is 0 Å². The number of nitrogens with one attached hydrogen (secondary N) is 1. The minimum Gasteiger partial charge on any atom is -0.484 e. The van der Waals surface area contributed by atoms with E-state index in [9.17, 15) is 9.59 Å². The quantitative estimate of drug-likeness (QED) is 0.903. The van der Waals surface area contributed by atoms with Gasteiger partial charge in [0.15, 0.2) is 6.61 Å². The molecule has 1 saturated heterocycles. The smallest absolute Gasteiger partial charge is 0.260 e. The third-order valence-corrected chi connectivity index (χ3v) is 5.09. The van der Waals surface area contributed by atoms with Crippen molar-refractivity contribution < 1.29 is 14.3 Å². The highest BCUT2D eigenvalue weighted by atomic mass is 16.5. The molecule has 0 aliphatic carbocycles. The van der Waals surface area contributed by atoms with E-state index in [0.717, 1.165) is 30.9 Å². The van der Waals surface area contributed by atoms with Crippen molar-refractivity contribution in [1.29, 1.82) is 0 Å². The zero-order valence-electron chi connectivity index (χ0n) is 15.2. The summed E-state index contributed by atoms with van der Waals surface area (Å²) >= 11 is 0. The summed E-state index contributed by atoms with van der Waals surface area (Å²) in [5.74, 6) is 0.817. The lowest BCUT2D eigenvalue weighted by molar-refractivity contribution is -0.133. The van der Waals surface area contributed by atoms with Gasteiger partial charge in [0.2, 0.25) is 5.91 Å². The van der Waals surface area contributed by atoms with Crippen molar-refractivity contribution in [2.75, 3.05) is 43.0 Å². The monoisotopic (exact) mass is 365 g/mol. The lowest BCUT2D eigenvalue weighted by Gasteiger charge is -2.36. The van der Waals surface area contributed by atoms with E-state index in [1.165, 1.54) is 5.56 Å². The largest absolute Gasteiger partial charge is 0.484 e. The summed E-state index contributed by atoms with van der Waals surface area (Å²) in [4.78, 5) is 28.0. The first-order valence-electron chi connectivity index (χ1n) is 9.32. The fraction of sp³-hybridized carbons (Fsp3) is 0.333. The minimum absolute atomic E-state index is 0.0201. The molecular formula is C21H23N3O3. The van der Waals surface area contributed by atoms with Crippen molar-refractivity contribution in [3.05, 3.63) is 54.1 Å². The van der Waals surface area contributed by atoms with E-state index in [1.54, 1.807) is 0 Å². The zero-order valence-corrected chi connectivity index (χ0v) is 15.2. The third kappa shape index (κ3) is 4.05. The van der Waals surface area contributed by atoms with E-state index in [0.29, 0.717) is 25.3 Å². The van der Waals surface area contributed by atoms with Gasteiger partial charge in [-0.1, -0.05) is 18.2 Å². The Kier molecular flexibility index (Phi) is 4.96. The van der Waals surface area contributed by atoms with Crippen LogP contribution in [0.3, 0.4) is 0 Å². The summed E-state index contributed by atoms with van der Waals surface area (Å²) in [5.41, 5.74) is 3.25. The average molecular weight is 365 g/mol. The number of hydrogen-bond acceptors (Lipinski definition) is 4. The Balaban J connectivity index is 1.31. The Morgan fingerprint density at radius 2 is 1.78 bits per heavy atom. The highest BCUT2D eigenvalue weighted by Crippen LogP contribution is 2.28. The van der Waals surface area contributed by atoms with Crippen LogP contribution < -0.4 is 15.0 Å². The molecule has 1 fully saturated rings. The topological polar surface area (TPSA) is 61.9 Å². The molecule has 27 heavy (non-hydrogen) atoms. The number of para-hydroxylation sites is 1. The maximum Gasteiger partial charge on any atom is 0.260 e. The number of amides is 2. The molecule has 2 aliphatic rings. The van der Waals surface area contributed by atoms with Crippen molar-refractivity contribution in [1.82, 2.24) is 4.90 Å². The van der Waals surface area contributed by atoms with Gasteiger partial charge in [-0.15, -0.1) is 0 Å². The van der Waals surface area contributed by atoms with Gasteiger partial charge in [-0.3, -0.25) is 9.59 Å². The number of carbonyl (C=O) groups is 2. The highest BCUT2D eigenvalue weighted by molar-refractivity contribution is 5.94. The van der Waals surface area contributed by atoms with Crippen LogP contribution in [-0.4, -0.2) is 49.5 Å². The molecule has 2 heterocycles. The second-order valence-electron chi connectivity index (χ2n) is 6.86. The van der Waals surface area contributed by atoms with Crippen LogP contribution in [0.15, 0.2) is 48.5 Å². The van der Waals surface area contributed by atoms with Gasteiger partial charge in [-0.2, -0.15) is 0 Å². The van der Waals surface area contributed by atoms with Gasteiger partial charge < -0.3 is 19.9 Å². The summed E-state index contributed by atoms with van der Waals surface area (Å²) in [5, 5.41) is 2.92. The predicted molar refractivity (Wildman–Crippen MR) is 104 cm³/mol. The number of benzene rings is 2. The fourth-order valence-electron chi connectivity index (χ4n) is 3.53. The minimum atomic E-state index is 0.0201. The first kappa shape index (κ1) is 17.4. The Morgan fingerprint density at radius 1 is 1.00 bits per heavy atom. The zero-order chi connectivity index (χ0) is 18.6. The van der Waals surface area contributed by atoms with Crippen molar-refractivity contribution in [3.8, 4) is 5.75 Å². The standard InChI is InChI=1S/C21H23N3O3/c25-20-9-6-16-14-17(7-8-19(16)22-20)23-10-12-24(13-11-23)21(26)15-27-18-4-2-1-3-5-18/h1-5,7-8,14H,6,9-13,15H2,(H,22,25). The van der Waals surface area contributed by atoms with Crippen LogP contribution in [0.4, 0.5) is 11.4 Å². The molecule has 6 nitrogen and oxygen atoms in total. The summed E-state index contributed by atoms with van der Waals surface area (Å²) in [6.45, 7) is 3.03. The van der Waals surface area contributed by atoms with Crippen LogP contribution in [0.25, 0.3) is 0 Å². The summed E-state index contributed by atoms with van der Waals surface area (Å²) < 4.78 is 5.56. The molecule has 0 atom stereocenters. The Labute approximate surface area is 158 Å². The number of rotatable bonds is 4. The van der Waals surface area contributed by atoms with E-state index in [2.05, 4.69) is 16.3 Å². The summed E-state index contributed by atoms with van der Waals surface area (Å²) in [6.07, 6.45) is 1.32. The summed E-state index contributed by atoms with van der Waals surface area (Å²) in [7, 11) is 0. The molecule has 2 amide bonds. The first-order chi connectivity index (χ1) is 13.2. The third-order valence-electron chi connectivity index (χ3n) is 5.09. The molecule has 0 spiro atoms. The molecule has 2 aromatic carbocycles. The Hall–Kier alpha value is -3.02. The van der Waals surface area contributed by atoms with Crippen molar-refractivity contribution in [2.45, 2.75) is 12.8 Å². The molecule has 0 radical (unpaired) electrons. The first-order valence-corrected chi connectivity index (χ1v) is 9.32. The number of fused-ring (bicyclic) bond motifs is 1. The highest BCUT2D eigenvalue weighted by Gasteiger charge is 2.23. The number of carbonyl (C=O) groups excluding carboxylic acids is 2. The van der Waals surface area contributed by atoms with Crippen LogP contribution in [0.5, 0.6) is 5.75 Å². The van der Waals surface area contributed by atoms with Crippen molar-refractivity contribution >= 4 is 23.2 Å². The molecule has 1 N–H and O–H groups in total. The molecule has 2 aliphatic heterocycles. The predicted octanol–water partition coefficient (Wildman–Crippen LogP) is 2.30. The molecule has 6 heteroatoms. The molecule has 0 bridgehead atoms. The number of ether oxygens (including phenoxy) is 1. The van der Waals surface area contributed by atoms with Crippen LogP contribution in [0.2, 0.25) is 0 Å². The van der Waals surface area contributed by atoms with E-state index in [4.69, 9.17) is 4.74 Å². The van der Waals surface area contributed by atoms with Crippen LogP contribution in [-0.2, 0) is 16.0 Å². The van der Waals surface area contributed by atoms with Gasteiger partial charge in [0.05, 0.1) is 0 Å². The van der Waals surface area contributed by atoms with Crippen LogP contribution >= 0.6 is 0 Å². The second-order valence-corrected chi connectivity index (χ2v) is 6.86. The molecule has 0 unspecified atom stereocenters. The van der Waals surface area contributed by atoms with Crippen LogP contribution in [0.1, 0.15) is 12.0 Å². The van der Waals surface area contributed by atoms with E-state index in [-0.39, 0.29) is 18.4 Å². The van der Waals surface area contributed by atoms with Gasteiger partial charge in [0.1, 0.15) is 5.75 Å². The van der Waals surface area contributed by atoms with E-state index >= 15 is 0 Å². The molecule has 0 aromatic heterocycles. The lowest BCUT2D eigenvalue weighted by Crippen LogP contribution is -2.50. The molecule has 0 saturated carbocycles. The molecular weight excluding hydrogens is 342 g/mol. The number of aryl methyl sites for hydroxylation is 1. The van der Waals surface area contributed by atoms with Crippen molar-refractivity contribution in [2.24, 2.45) is 0 Å². The fourth-order valence-corrected chi connectivity index (χ4v) is 3.53. The number of hydrogen-bond donors (Lipinski definition) is 1. The SMILES string of the molecule is O=C1CCc2cc(N3CCN(C(=O)COc4ccccc4)CC3)ccc2N1. The van der Waals surface area contributed by atoms with Gasteiger partial charge in [0, 0.05) is 44.0 Å². The normalized spacial score (nSPS) is 16.5. The summed E-state index contributed by atoms with van der Waals surface area (Å²) in [6, 6.07) is 15.6. The second kappa shape index (κ2) is 7.70. The van der Waals surface area contributed by atoms with E-state index in [1.807, 2.05) is 47.4 Å². The van der Waals surface area contributed by atoms with Gasteiger partial charge in [-0.05, 0) is 42.3 Å².